The number of hydrogen-bond acceptors (Lipinski definition) is 4. The number of nitrogens with one attached hydrogen (secondary N) is 1. The minimum atomic E-state index is -0.0612. The standard InChI is InChI=1S/C13H15N3O2S/c1-15-12(17)10-8-9(16-4-6-18-7-5-16)2-3-11(10)14-13(15)19/h2-3,8H,4-7H2,1H3,(H,14,19). The van der Waals surface area contributed by atoms with Gasteiger partial charge in [-0.15, -0.1) is 0 Å². The maximum Gasteiger partial charge on any atom is 0.261 e. The van der Waals surface area contributed by atoms with Crippen LogP contribution < -0.4 is 10.5 Å². The van der Waals surface area contributed by atoms with Crippen molar-refractivity contribution in [2.24, 2.45) is 7.05 Å². The molecule has 0 bridgehead atoms. The number of fused-ring (bicyclic) bond motifs is 1. The molecule has 0 atom stereocenters. The number of hydrogen-bond donors (Lipinski definition) is 1. The molecule has 0 aliphatic carbocycles. The highest BCUT2D eigenvalue weighted by atomic mass is 32.1. The summed E-state index contributed by atoms with van der Waals surface area (Å²) < 4.78 is 7.24. The van der Waals surface area contributed by atoms with Crippen LogP contribution >= 0.6 is 12.2 Å². The Morgan fingerprint density at radius 1 is 1.32 bits per heavy atom. The van der Waals surface area contributed by atoms with E-state index >= 15 is 0 Å². The molecule has 2 heterocycles. The van der Waals surface area contributed by atoms with Crippen LogP contribution in [0.4, 0.5) is 5.69 Å². The number of nitrogens with zero attached hydrogens (tertiary/aromatic N) is 2. The average molecular weight is 277 g/mol. The van der Waals surface area contributed by atoms with Gasteiger partial charge in [-0.25, -0.2) is 0 Å². The predicted molar refractivity (Wildman–Crippen MR) is 77.4 cm³/mol. The van der Waals surface area contributed by atoms with Crippen molar-refractivity contribution in [3.8, 4) is 0 Å². The van der Waals surface area contributed by atoms with Crippen molar-refractivity contribution in [2.75, 3.05) is 31.2 Å². The Balaban J connectivity index is 2.15. The number of aromatic amines is 1. The molecule has 0 saturated carbocycles. The lowest BCUT2D eigenvalue weighted by Gasteiger charge is -2.29. The van der Waals surface area contributed by atoms with E-state index in [4.69, 9.17) is 17.0 Å². The van der Waals surface area contributed by atoms with Crippen molar-refractivity contribution >= 4 is 28.8 Å². The van der Waals surface area contributed by atoms with Gasteiger partial charge < -0.3 is 14.6 Å². The summed E-state index contributed by atoms with van der Waals surface area (Å²) in [5.74, 6) is 0. The largest absolute Gasteiger partial charge is 0.378 e. The van der Waals surface area contributed by atoms with Crippen LogP contribution in [0, 0.1) is 4.77 Å². The molecule has 0 spiro atoms. The van der Waals surface area contributed by atoms with Gasteiger partial charge in [0.2, 0.25) is 0 Å². The zero-order valence-electron chi connectivity index (χ0n) is 10.7. The van der Waals surface area contributed by atoms with E-state index in [2.05, 4.69) is 9.88 Å². The molecule has 1 saturated heterocycles. The fourth-order valence-corrected chi connectivity index (χ4v) is 2.50. The molecule has 0 amide bonds. The van der Waals surface area contributed by atoms with Gasteiger partial charge in [0.15, 0.2) is 4.77 Å². The summed E-state index contributed by atoms with van der Waals surface area (Å²) in [5, 5.41) is 0.667. The summed E-state index contributed by atoms with van der Waals surface area (Å²) in [6.07, 6.45) is 0. The van der Waals surface area contributed by atoms with Crippen LogP contribution in [0.1, 0.15) is 0 Å². The van der Waals surface area contributed by atoms with E-state index in [0.717, 1.165) is 37.5 Å². The lowest BCUT2D eigenvalue weighted by atomic mass is 10.2. The fourth-order valence-electron chi connectivity index (χ4n) is 2.31. The molecule has 100 valence electrons. The van der Waals surface area contributed by atoms with E-state index in [1.165, 1.54) is 4.57 Å². The first-order valence-corrected chi connectivity index (χ1v) is 6.63. The zero-order chi connectivity index (χ0) is 13.4. The second-order valence-corrected chi connectivity index (χ2v) is 5.01. The summed E-state index contributed by atoms with van der Waals surface area (Å²) >= 11 is 5.11. The molecule has 1 aliphatic rings. The molecular formula is C13H15N3O2S. The highest BCUT2D eigenvalue weighted by Gasteiger charge is 2.12. The monoisotopic (exact) mass is 277 g/mol. The van der Waals surface area contributed by atoms with E-state index in [1.807, 2.05) is 18.2 Å². The third kappa shape index (κ3) is 2.17. The van der Waals surface area contributed by atoms with E-state index in [1.54, 1.807) is 7.05 Å². The van der Waals surface area contributed by atoms with Gasteiger partial charge in [0, 0.05) is 25.8 Å². The minimum Gasteiger partial charge on any atom is -0.378 e. The molecule has 1 aromatic carbocycles. The quantitative estimate of drug-likeness (QED) is 0.801. The summed E-state index contributed by atoms with van der Waals surface area (Å²) in [6, 6.07) is 5.85. The molecule has 19 heavy (non-hydrogen) atoms. The van der Waals surface area contributed by atoms with Crippen molar-refractivity contribution in [3.05, 3.63) is 33.3 Å². The zero-order valence-corrected chi connectivity index (χ0v) is 11.5. The van der Waals surface area contributed by atoms with Gasteiger partial charge in [-0.1, -0.05) is 0 Å². The number of benzene rings is 1. The van der Waals surface area contributed by atoms with Gasteiger partial charge in [-0.3, -0.25) is 9.36 Å². The number of rotatable bonds is 1. The van der Waals surface area contributed by atoms with E-state index in [9.17, 15) is 4.79 Å². The molecule has 1 aromatic heterocycles. The van der Waals surface area contributed by atoms with Crippen molar-refractivity contribution in [1.29, 1.82) is 0 Å². The third-order valence-electron chi connectivity index (χ3n) is 3.46. The second-order valence-electron chi connectivity index (χ2n) is 4.62. The first-order chi connectivity index (χ1) is 9.16. The van der Waals surface area contributed by atoms with Crippen LogP contribution in [-0.4, -0.2) is 35.9 Å². The van der Waals surface area contributed by atoms with E-state index < -0.39 is 0 Å². The molecule has 0 radical (unpaired) electrons. The van der Waals surface area contributed by atoms with Crippen molar-refractivity contribution < 1.29 is 4.74 Å². The molecular weight excluding hydrogens is 262 g/mol. The number of morpholine rings is 1. The molecule has 1 aliphatic heterocycles. The van der Waals surface area contributed by atoms with Crippen LogP contribution in [0.5, 0.6) is 0 Å². The average Bonchev–Trinajstić information content (AvgIpc) is 2.46. The number of aromatic nitrogens is 2. The maximum atomic E-state index is 12.2. The lowest BCUT2D eigenvalue weighted by molar-refractivity contribution is 0.122. The molecule has 2 aromatic rings. The Kier molecular flexibility index (Phi) is 3.12. The number of ether oxygens (including phenoxy) is 1. The summed E-state index contributed by atoms with van der Waals surface area (Å²) in [6.45, 7) is 3.17. The first kappa shape index (κ1) is 12.4. The van der Waals surface area contributed by atoms with Crippen LogP contribution in [0.25, 0.3) is 10.9 Å². The molecule has 1 fully saturated rings. The number of anilines is 1. The van der Waals surface area contributed by atoms with Crippen molar-refractivity contribution in [3.63, 3.8) is 0 Å². The highest BCUT2D eigenvalue weighted by Crippen LogP contribution is 2.19. The summed E-state index contributed by atoms with van der Waals surface area (Å²) in [7, 11) is 1.68. The van der Waals surface area contributed by atoms with E-state index in [-0.39, 0.29) is 5.56 Å². The lowest BCUT2D eigenvalue weighted by Crippen LogP contribution is -2.36. The van der Waals surface area contributed by atoms with Gasteiger partial charge in [0.1, 0.15) is 0 Å². The maximum absolute atomic E-state index is 12.2. The van der Waals surface area contributed by atoms with Crippen LogP contribution in [-0.2, 0) is 11.8 Å². The Morgan fingerprint density at radius 3 is 2.79 bits per heavy atom. The smallest absolute Gasteiger partial charge is 0.261 e. The van der Waals surface area contributed by atoms with E-state index in [0.29, 0.717) is 10.2 Å². The SMILES string of the molecule is Cn1c(=S)[nH]c2ccc(N3CCOCC3)cc2c1=O. The molecule has 3 rings (SSSR count). The Bertz CT molecular complexity index is 729. The molecule has 0 unspecified atom stereocenters. The van der Waals surface area contributed by atoms with Crippen LogP contribution in [0.3, 0.4) is 0 Å². The van der Waals surface area contributed by atoms with Gasteiger partial charge in [0.25, 0.3) is 5.56 Å². The van der Waals surface area contributed by atoms with Crippen LogP contribution in [0.2, 0.25) is 0 Å². The summed E-state index contributed by atoms with van der Waals surface area (Å²) in [4.78, 5) is 17.5. The van der Waals surface area contributed by atoms with Crippen LogP contribution in [0.15, 0.2) is 23.0 Å². The Hall–Kier alpha value is -1.66. The fraction of sp³-hybridized carbons (Fsp3) is 0.385. The minimum absolute atomic E-state index is 0.0612. The predicted octanol–water partition coefficient (Wildman–Crippen LogP) is 1.43. The molecule has 1 N–H and O–H groups in total. The molecule has 5 nitrogen and oxygen atoms in total. The van der Waals surface area contributed by atoms with Gasteiger partial charge in [-0.05, 0) is 30.4 Å². The van der Waals surface area contributed by atoms with Crippen molar-refractivity contribution in [1.82, 2.24) is 9.55 Å². The van der Waals surface area contributed by atoms with Gasteiger partial charge in [-0.2, -0.15) is 0 Å². The van der Waals surface area contributed by atoms with Crippen molar-refractivity contribution in [2.45, 2.75) is 0 Å². The van der Waals surface area contributed by atoms with Gasteiger partial charge >= 0.3 is 0 Å². The first-order valence-electron chi connectivity index (χ1n) is 6.22. The number of H-pyrrole nitrogens is 1. The second kappa shape index (κ2) is 4.79. The van der Waals surface area contributed by atoms with Gasteiger partial charge in [0.05, 0.1) is 24.1 Å². The Labute approximate surface area is 115 Å². The summed E-state index contributed by atoms with van der Waals surface area (Å²) in [5.41, 5.74) is 1.78. The highest BCUT2D eigenvalue weighted by molar-refractivity contribution is 7.71. The third-order valence-corrected chi connectivity index (χ3v) is 3.84. The molecule has 6 heteroatoms. The topological polar surface area (TPSA) is 50.3 Å². The normalized spacial score (nSPS) is 15.9. The Morgan fingerprint density at radius 2 is 2.05 bits per heavy atom.